The summed E-state index contributed by atoms with van der Waals surface area (Å²) in [5.74, 6) is 0.946. The zero-order chi connectivity index (χ0) is 10.0. The lowest BCUT2D eigenvalue weighted by Gasteiger charge is -2.33. The lowest BCUT2D eigenvalue weighted by atomic mass is 9.82. The summed E-state index contributed by atoms with van der Waals surface area (Å²) in [6, 6.07) is 0.794. The van der Waals surface area contributed by atoms with Crippen molar-refractivity contribution >= 4 is 0 Å². The van der Waals surface area contributed by atoms with Crippen molar-refractivity contribution in [1.82, 2.24) is 5.32 Å². The predicted octanol–water partition coefficient (Wildman–Crippen LogP) is 2.04. The first-order valence-electron chi connectivity index (χ1n) is 6.26. The lowest BCUT2D eigenvalue weighted by molar-refractivity contribution is 0.281. The van der Waals surface area contributed by atoms with Crippen molar-refractivity contribution in [3.63, 3.8) is 0 Å². The average molecular weight is 196 g/mol. The van der Waals surface area contributed by atoms with Gasteiger partial charge >= 0.3 is 0 Å². The minimum absolute atomic E-state index is 0.124. The summed E-state index contributed by atoms with van der Waals surface area (Å²) in [6.07, 6.45) is 9.22. The van der Waals surface area contributed by atoms with E-state index in [9.17, 15) is 0 Å². The topological polar surface area (TPSA) is 38.0 Å². The quantitative estimate of drug-likeness (QED) is 0.722. The molecule has 0 spiro atoms. The Bertz CT molecular complexity index is 185. The summed E-state index contributed by atoms with van der Waals surface area (Å²) in [5.41, 5.74) is 6.48. The van der Waals surface area contributed by atoms with Gasteiger partial charge in [0.1, 0.15) is 0 Å². The molecule has 0 radical (unpaired) electrons. The Balaban J connectivity index is 1.69. The van der Waals surface area contributed by atoms with Crippen LogP contribution in [0.25, 0.3) is 0 Å². The normalized spacial score (nSPS) is 35.6. The van der Waals surface area contributed by atoms with Gasteiger partial charge in [-0.1, -0.05) is 32.6 Å². The summed E-state index contributed by atoms with van der Waals surface area (Å²) in [7, 11) is 0. The van der Waals surface area contributed by atoms with Crippen LogP contribution in [0, 0.1) is 5.92 Å². The summed E-state index contributed by atoms with van der Waals surface area (Å²) >= 11 is 0. The fraction of sp³-hybridized carbons (Fsp3) is 1.00. The average Bonchev–Trinajstić information content (AvgIpc) is 2.95. The van der Waals surface area contributed by atoms with Gasteiger partial charge in [0, 0.05) is 18.1 Å². The Kier molecular flexibility index (Phi) is 3.13. The van der Waals surface area contributed by atoms with Crippen LogP contribution in [0.5, 0.6) is 0 Å². The molecule has 2 rings (SSSR count). The van der Waals surface area contributed by atoms with E-state index in [1.807, 2.05) is 0 Å². The highest BCUT2D eigenvalue weighted by atomic mass is 15.0. The maximum Gasteiger partial charge on any atom is 0.0280 e. The molecule has 2 heteroatoms. The van der Waals surface area contributed by atoms with Crippen molar-refractivity contribution in [3.8, 4) is 0 Å². The summed E-state index contributed by atoms with van der Waals surface area (Å²) < 4.78 is 0. The summed E-state index contributed by atoms with van der Waals surface area (Å²) in [6.45, 7) is 3.33. The van der Waals surface area contributed by atoms with Crippen molar-refractivity contribution < 1.29 is 0 Å². The zero-order valence-electron chi connectivity index (χ0n) is 9.39. The number of hydrogen-bond acceptors (Lipinski definition) is 2. The van der Waals surface area contributed by atoms with Gasteiger partial charge in [-0.3, -0.25) is 0 Å². The van der Waals surface area contributed by atoms with E-state index in [1.54, 1.807) is 0 Å². The van der Waals surface area contributed by atoms with Gasteiger partial charge in [0.15, 0.2) is 0 Å². The molecule has 0 amide bonds. The lowest BCUT2D eigenvalue weighted by Crippen LogP contribution is -2.50. The predicted molar refractivity (Wildman–Crippen MR) is 60.2 cm³/mol. The highest BCUT2D eigenvalue weighted by molar-refractivity contribution is 4.96. The van der Waals surface area contributed by atoms with E-state index in [2.05, 4.69) is 12.2 Å². The van der Waals surface area contributed by atoms with Crippen LogP contribution in [0.3, 0.4) is 0 Å². The fourth-order valence-electron chi connectivity index (χ4n) is 2.72. The third kappa shape index (κ3) is 2.48. The van der Waals surface area contributed by atoms with Gasteiger partial charge in [-0.05, 0) is 25.2 Å². The maximum atomic E-state index is 6.36. The molecule has 2 atom stereocenters. The second-order valence-electron chi connectivity index (χ2n) is 5.31. The van der Waals surface area contributed by atoms with Crippen molar-refractivity contribution in [2.45, 2.75) is 63.5 Å². The van der Waals surface area contributed by atoms with Crippen molar-refractivity contribution in [1.29, 1.82) is 0 Å². The Morgan fingerprint density at radius 2 is 2.00 bits per heavy atom. The fourth-order valence-corrected chi connectivity index (χ4v) is 2.72. The molecule has 2 saturated carbocycles. The molecular weight excluding hydrogens is 172 g/mol. The van der Waals surface area contributed by atoms with Gasteiger partial charge in [0.25, 0.3) is 0 Å². The van der Waals surface area contributed by atoms with Crippen LogP contribution in [0.2, 0.25) is 0 Å². The van der Waals surface area contributed by atoms with Crippen molar-refractivity contribution in [2.24, 2.45) is 11.7 Å². The molecule has 2 nitrogen and oxygen atoms in total. The summed E-state index contributed by atoms with van der Waals surface area (Å²) in [5, 5.41) is 3.64. The molecule has 0 aromatic carbocycles. The van der Waals surface area contributed by atoms with Gasteiger partial charge in [0.2, 0.25) is 0 Å². The number of nitrogens with one attached hydrogen (secondary N) is 1. The van der Waals surface area contributed by atoms with Crippen LogP contribution >= 0.6 is 0 Å². The standard InChI is InChI=1S/C12H24N2/c1-2-10-8-11(10)14-9-12(13)6-4-3-5-7-12/h10-11,14H,2-9,13H2,1H3. The second kappa shape index (κ2) is 4.19. The van der Waals surface area contributed by atoms with E-state index in [0.29, 0.717) is 0 Å². The SMILES string of the molecule is CCC1CC1NCC1(N)CCCCC1. The molecule has 0 heterocycles. The van der Waals surface area contributed by atoms with Crippen molar-refractivity contribution in [3.05, 3.63) is 0 Å². The van der Waals surface area contributed by atoms with E-state index < -0.39 is 0 Å². The Hall–Kier alpha value is -0.0800. The van der Waals surface area contributed by atoms with Crippen molar-refractivity contribution in [2.75, 3.05) is 6.54 Å². The van der Waals surface area contributed by atoms with Gasteiger partial charge in [-0.2, -0.15) is 0 Å². The molecule has 2 unspecified atom stereocenters. The molecular formula is C12H24N2. The van der Waals surface area contributed by atoms with E-state index in [4.69, 9.17) is 5.73 Å². The van der Waals surface area contributed by atoms with E-state index >= 15 is 0 Å². The molecule has 0 aliphatic heterocycles. The minimum atomic E-state index is 0.124. The zero-order valence-corrected chi connectivity index (χ0v) is 9.39. The minimum Gasteiger partial charge on any atom is -0.324 e. The highest BCUT2D eigenvalue weighted by Gasteiger charge is 2.37. The van der Waals surface area contributed by atoms with Gasteiger partial charge in [-0.15, -0.1) is 0 Å². The third-order valence-electron chi connectivity index (χ3n) is 4.01. The molecule has 2 aliphatic carbocycles. The van der Waals surface area contributed by atoms with E-state index in [0.717, 1.165) is 18.5 Å². The van der Waals surface area contributed by atoms with Crippen LogP contribution in [0.1, 0.15) is 51.9 Å². The van der Waals surface area contributed by atoms with Crippen LogP contribution in [0.15, 0.2) is 0 Å². The molecule has 0 saturated heterocycles. The maximum absolute atomic E-state index is 6.36. The molecule has 0 aromatic rings. The molecule has 82 valence electrons. The van der Waals surface area contributed by atoms with Gasteiger partial charge in [0.05, 0.1) is 0 Å². The number of hydrogen-bond donors (Lipinski definition) is 2. The first-order chi connectivity index (χ1) is 6.73. The smallest absolute Gasteiger partial charge is 0.0280 e. The van der Waals surface area contributed by atoms with Crippen LogP contribution in [-0.2, 0) is 0 Å². The highest BCUT2D eigenvalue weighted by Crippen LogP contribution is 2.34. The van der Waals surface area contributed by atoms with Crippen LogP contribution in [-0.4, -0.2) is 18.1 Å². The monoisotopic (exact) mass is 196 g/mol. The largest absolute Gasteiger partial charge is 0.324 e. The Morgan fingerprint density at radius 3 is 2.57 bits per heavy atom. The summed E-state index contributed by atoms with van der Waals surface area (Å²) in [4.78, 5) is 0. The Labute approximate surface area is 87.6 Å². The number of nitrogens with two attached hydrogens (primary N) is 1. The third-order valence-corrected chi connectivity index (χ3v) is 4.01. The molecule has 3 N–H and O–H groups in total. The second-order valence-corrected chi connectivity index (χ2v) is 5.31. The molecule has 0 bridgehead atoms. The molecule has 2 fully saturated rings. The molecule has 14 heavy (non-hydrogen) atoms. The van der Waals surface area contributed by atoms with Gasteiger partial charge in [-0.25, -0.2) is 0 Å². The van der Waals surface area contributed by atoms with Crippen LogP contribution in [0.4, 0.5) is 0 Å². The van der Waals surface area contributed by atoms with Crippen LogP contribution < -0.4 is 11.1 Å². The van der Waals surface area contributed by atoms with E-state index in [-0.39, 0.29) is 5.54 Å². The first kappa shape index (κ1) is 10.4. The van der Waals surface area contributed by atoms with Gasteiger partial charge < -0.3 is 11.1 Å². The molecule has 0 aromatic heterocycles. The Morgan fingerprint density at radius 1 is 1.29 bits per heavy atom. The molecule has 2 aliphatic rings. The first-order valence-corrected chi connectivity index (χ1v) is 6.26. The van der Waals surface area contributed by atoms with E-state index in [1.165, 1.54) is 44.9 Å². The number of rotatable bonds is 4.